The Bertz CT molecular complexity index is 750. The van der Waals surface area contributed by atoms with Crippen molar-refractivity contribution in [3.63, 3.8) is 0 Å². The Kier molecular flexibility index (Phi) is 3.80. The first-order valence-corrected chi connectivity index (χ1v) is 10.1. The summed E-state index contributed by atoms with van der Waals surface area (Å²) in [5.74, 6) is 2.16. The summed E-state index contributed by atoms with van der Waals surface area (Å²) in [6.45, 7) is 0.818. The van der Waals surface area contributed by atoms with Crippen molar-refractivity contribution in [3.8, 4) is 0 Å². The predicted octanol–water partition coefficient (Wildman–Crippen LogP) is 2.38. The molecule has 2 saturated heterocycles. The molecular formula is C17H23N3O3S. The molecule has 130 valence electrons. The first kappa shape index (κ1) is 15.9. The zero-order valence-corrected chi connectivity index (χ0v) is 14.3. The highest BCUT2D eigenvalue weighted by Crippen LogP contribution is 2.47. The molecule has 4 atom stereocenters. The number of nitrogens with zero attached hydrogens (tertiary/aromatic N) is 1. The number of nitrogens with two attached hydrogens (primary N) is 1. The van der Waals surface area contributed by atoms with Gasteiger partial charge in [0.15, 0.2) is 0 Å². The number of sulfonamides is 1. The lowest BCUT2D eigenvalue weighted by molar-refractivity contribution is 0.136. The standard InChI is InChI=1S/C17H23N3O3S/c18-24(22,23)16-3-1-2-14(9-16)19-17(21)20-10-13-5-11-4-12(6-13)8-15(20)7-11/h1-3,9,11-13,15H,4-8,10H2,(H,19,21)(H2,18,22,23)/t11-,12+,13?,15?. The minimum atomic E-state index is -3.77. The van der Waals surface area contributed by atoms with Crippen molar-refractivity contribution in [2.45, 2.75) is 43.0 Å². The maximum absolute atomic E-state index is 12.8. The van der Waals surface area contributed by atoms with Gasteiger partial charge in [-0.1, -0.05) is 6.07 Å². The molecule has 1 aromatic carbocycles. The van der Waals surface area contributed by atoms with Crippen molar-refractivity contribution < 1.29 is 13.2 Å². The van der Waals surface area contributed by atoms with Gasteiger partial charge < -0.3 is 10.2 Å². The third kappa shape index (κ3) is 3.02. The van der Waals surface area contributed by atoms with E-state index in [9.17, 15) is 13.2 Å². The van der Waals surface area contributed by atoms with Gasteiger partial charge in [-0.3, -0.25) is 0 Å². The lowest BCUT2D eigenvalue weighted by atomic mass is 9.68. The number of primary sulfonamides is 1. The highest BCUT2D eigenvalue weighted by molar-refractivity contribution is 7.89. The number of rotatable bonds is 2. The third-order valence-corrected chi connectivity index (χ3v) is 6.69. The van der Waals surface area contributed by atoms with E-state index in [1.165, 1.54) is 31.4 Å². The maximum atomic E-state index is 12.8. The summed E-state index contributed by atoms with van der Waals surface area (Å²) >= 11 is 0. The van der Waals surface area contributed by atoms with Crippen LogP contribution in [0.1, 0.15) is 32.1 Å². The van der Waals surface area contributed by atoms with E-state index in [0.29, 0.717) is 17.6 Å². The van der Waals surface area contributed by atoms with Crippen LogP contribution in [-0.2, 0) is 10.0 Å². The quantitative estimate of drug-likeness (QED) is 0.858. The minimum Gasteiger partial charge on any atom is -0.321 e. The summed E-state index contributed by atoms with van der Waals surface area (Å²) in [6, 6.07) is 6.31. The number of hydrogen-bond acceptors (Lipinski definition) is 3. The maximum Gasteiger partial charge on any atom is 0.322 e. The summed E-state index contributed by atoms with van der Waals surface area (Å²) in [4.78, 5) is 14.8. The van der Waals surface area contributed by atoms with E-state index in [0.717, 1.165) is 31.2 Å². The van der Waals surface area contributed by atoms with E-state index in [1.807, 2.05) is 4.90 Å². The summed E-state index contributed by atoms with van der Waals surface area (Å²) in [5, 5.41) is 8.02. The average molecular weight is 349 g/mol. The monoisotopic (exact) mass is 349 g/mol. The van der Waals surface area contributed by atoms with Crippen molar-refractivity contribution in [3.05, 3.63) is 24.3 Å². The molecule has 0 aromatic heterocycles. The Morgan fingerprint density at radius 3 is 2.42 bits per heavy atom. The first-order valence-electron chi connectivity index (χ1n) is 8.59. The number of carbonyl (C=O) groups excluding carboxylic acids is 1. The van der Waals surface area contributed by atoms with Gasteiger partial charge in [0.1, 0.15) is 0 Å². The highest BCUT2D eigenvalue weighted by atomic mass is 32.2. The van der Waals surface area contributed by atoms with Gasteiger partial charge in [0.25, 0.3) is 0 Å². The Morgan fingerprint density at radius 2 is 1.75 bits per heavy atom. The summed E-state index contributed by atoms with van der Waals surface area (Å²) in [5.41, 5.74) is 0.468. The molecule has 0 spiro atoms. The molecule has 0 radical (unpaired) electrons. The normalized spacial score (nSPS) is 31.8. The highest BCUT2D eigenvalue weighted by Gasteiger charge is 2.44. The van der Waals surface area contributed by atoms with Crippen molar-refractivity contribution in [1.29, 1.82) is 0 Å². The van der Waals surface area contributed by atoms with Gasteiger partial charge in [0.05, 0.1) is 4.90 Å². The molecular weight excluding hydrogens is 326 g/mol. The number of fused-ring (bicyclic) bond motifs is 1. The van der Waals surface area contributed by atoms with Gasteiger partial charge in [0, 0.05) is 18.3 Å². The van der Waals surface area contributed by atoms with Crippen LogP contribution in [0.25, 0.3) is 0 Å². The third-order valence-electron chi connectivity index (χ3n) is 5.78. The number of hydrogen-bond donors (Lipinski definition) is 2. The summed E-state index contributed by atoms with van der Waals surface area (Å²) in [6.07, 6.45) is 6.05. The van der Waals surface area contributed by atoms with Gasteiger partial charge in [-0.25, -0.2) is 18.4 Å². The van der Waals surface area contributed by atoms with E-state index in [1.54, 1.807) is 12.1 Å². The molecule has 2 amide bonds. The Morgan fingerprint density at radius 1 is 1.08 bits per heavy atom. The second-order valence-electron chi connectivity index (χ2n) is 7.59. The minimum absolute atomic E-state index is 0.0103. The number of amides is 2. The Hall–Kier alpha value is -1.60. The van der Waals surface area contributed by atoms with Crippen LogP contribution in [0, 0.1) is 17.8 Å². The number of carbonyl (C=O) groups is 1. The molecule has 4 fully saturated rings. The smallest absolute Gasteiger partial charge is 0.321 e. The van der Waals surface area contributed by atoms with E-state index >= 15 is 0 Å². The van der Waals surface area contributed by atoms with E-state index in [4.69, 9.17) is 5.14 Å². The second kappa shape index (κ2) is 5.74. The van der Waals surface area contributed by atoms with Crippen molar-refractivity contribution in [2.24, 2.45) is 22.9 Å². The zero-order chi connectivity index (χ0) is 16.9. The molecule has 2 saturated carbocycles. The topological polar surface area (TPSA) is 92.5 Å². The van der Waals surface area contributed by atoms with E-state index in [-0.39, 0.29) is 10.9 Å². The SMILES string of the molecule is NS(=O)(=O)c1cccc(NC(=O)N2CC3C[C@@H]4CC2C[C@H](C3)C4)c1. The first-order chi connectivity index (χ1) is 11.4. The van der Waals surface area contributed by atoms with Crippen molar-refractivity contribution >= 4 is 21.7 Å². The molecule has 24 heavy (non-hydrogen) atoms. The molecule has 6 nitrogen and oxygen atoms in total. The molecule has 2 aliphatic carbocycles. The second-order valence-corrected chi connectivity index (χ2v) is 9.15. The van der Waals surface area contributed by atoms with E-state index in [2.05, 4.69) is 5.32 Å². The number of urea groups is 1. The average Bonchev–Trinajstić information content (AvgIpc) is 2.70. The Labute approximate surface area is 142 Å². The number of anilines is 1. The van der Waals surface area contributed by atoms with Gasteiger partial charge in [-0.15, -0.1) is 0 Å². The predicted molar refractivity (Wildman–Crippen MR) is 90.9 cm³/mol. The lowest BCUT2D eigenvalue weighted by Gasteiger charge is -2.38. The molecule has 7 heteroatoms. The number of nitrogens with one attached hydrogen (secondary N) is 1. The van der Waals surface area contributed by atoms with Gasteiger partial charge >= 0.3 is 6.03 Å². The van der Waals surface area contributed by atoms with Gasteiger partial charge in [-0.05, 0) is 68.1 Å². The van der Waals surface area contributed by atoms with Crippen LogP contribution in [0.3, 0.4) is 0 Å². The van der Waals surface area contributed by atoms with E-state index < -0.39 is 10.0 Å². The molecule has 2 heterocycles. The van der Waals surface area contributed by atoms with Crippen LogP contribution in [0.4, 0.5) is 10.5 Å². The van der Waals surface area contributed by atoms with Crippen LogP contribution >= 0.6 is 0 Å². The molecule has 2 unspecified atom stereocenters. The van der Waals surface area contributed by atoms with Crippen LogP contribution in [-0.4, -0.2) is 31.9 Å². The molecule has 2 aliphatic heterocycles. The van der Waals surface area contributed by atoms with Crippen LogP contribution < -0.4 is 10.5 Å². The summed E-state index contributed by atoms with van der Waals surface area (Å²) < 4.78 is 22.9. The van der Waals surface area contributed by atoms with Crippen molar-refractivity contribution in [2.75, 3.05) is 11.9 Å². The Balaban J connectivity index is 1.52. The zero-order valence-electron chi connectivity index (χ0n) is 13.5. The number of benzene rings is 1. The van der Waals surface area contributed by atoms with Crippen molar-refractivity contribution in [1.82, 2.24) is 4.90 Å². The molecule has 4 aliphatic rings. The fraction of sp³-hybridized carbons (Fsp3) is 0.588. The molecule has 4 bridgehead atoms. The van der Waals surface area contributed by atoms with Crippen LogP contribution in [0.15, 0.2) is 29.2 Å². The molecule has 5 rings (SSSR count). The van der Waals surface area contributed by atoms with Gasteiger partial charge in [0.2, 0.25) is 10.0 Å². The molecule has 3 N–H and O–H groups in total. The molecule has 1 aromatic rings. The summed E-state index contributed by atoms with van der Waals surface area (Å²) in [7, 11) is -3.77. The van der Waals surface area contributed by atoms with Crippen LogP contribution in [0.2, 0.25) is 0 Å². The van der Waals surface area contributed by atoms with Gasteiger partial charge in [-0.2, -0.15) is 0 Å². The van der Waals surface area contributed by atoms with Crippen LogP contribution in [0.5, 0.6) is 0 Å². The largest absolute Gasteiger partial charge is 0.322 e. The lowest BCUT2D eigenvalue weighted by Crippen LogP contribution is -2.44. The fourth-order valence-corrected chi connectivity index (χ4v) is 5.54. The fourth-order valence-electron chi connectivity index (χ4n) is 4.98.